The van der Waals surface area contributed by atoms with Crippen LogP contribution in [0, 0.1) is 11.3 Å². The van der Waals surface area contributed by atoms with Gasteiger partial charge in [-0.15, -0.1) is 0 Å². The van der Waals surface area contributed by atoms with Crippen LogP contribution in [0.2, 0.25) is 0 Å². The van der Waals surface area contributed by atoms with Gasteiger partial charge in [-0.25, -0.2) is 0 Å². The first-order valence-electron chi connectivity index (χ1n) is 7.98. The first-order valence-corrected chi connectivity index (χ1v) is 7.98. The highest BCUT2D eigenvalue weighted by Crippen LogP contribution is 2.36. The number of nitrogens with zero attached hydrogens (tertiary/aromatic N) is 1. The molecule has 1 aliphatic rings. The van der Waals surface area contributed by atoms with Gasteiger partial charge in [0.25, 0.3) is 0 Å². The second-order valence-electron chi connectivity index (χ2n) is 6.71. The summed E-state index contributed by atoms with van der Waals surface area (Å²) in [6.45, 7) is 10.1. The van der Waals surface area contributed by atoms with E-state index in [-0.39, 0.29) is 0 Å². The molecule has 0 aromatic carbocycles. The van der Waals surface area contributed by atoms with Gasteiger partial charge in [0.05, 0.1) is 6.61 Å². The van der Waals surface area contributed by atoms with Crippen LogP contribution in [-0.2, 0) is 4.74 Å². The SMILES string of the molecule is CNCC1(CN(CCOC)CC(C)C)CCCCC1. The number of hydrogen-bond donors (Lipinski definition) is 1. The molecule has 1 fully saturated rings. The summed E-state index contributed by atoms with van der Waals surface area (Å²) in [6.07, 6.45) is 7.00. The molecule has 3 heteroatoms. The third-order valence-corrected chi connectivity index (χ3v) is 4.26. The standard InChI is InChI=1S/C16H34N2O/c1-15(2)12-18(10-11-19-4)14-16(13-17-3)8-6-5-7-9-16/h15,17H,5-14H2,1-4H3. The zero-order valence-electron chi connectivity index (χ0n) is 13.5. The van der Waals surface area contributed by atoms with Gasteiger partial charge in [0.1, 0.15) is 0 Å². The topological polar surface area (TPSA) is 24.5 Å². The fourth-order valence-electron chi connectivity index (χ4n) is 3.51. The van der Waals surface area contributed by atoms with E-state index in [1.54, 1.807) is 7.11 Å². The largest absolute Gasteiger partial charge is 0.383 e. The Hall–Kier alpha value is -0.120. The van der Waals surface area contributed by atoms with Gasteiger partial charge in [-0.1, -0.05) is 33.1 Å². The average molecular weight is 270 g/mol. The zero-order chi connectivity index (χ0) is 14.1. The quantitative estimate of drug-likeness (QED) is 0.697. The average Bonchev–Trinajstić information content (AvgIpc) is 2.36. The second kappa shape index (κ2) is 8.93. The molecule has 0 spiro atoms. The van der Waals surface area contributed by atoms with Crippen LogP contribution in [0.25, 0.3) is 0 Å². The fourth-order valence-corrected chi connectivity index (χ4v) is 3.51. The Kier molecular flexibility index (Phi) is 7.96. The van der Waals surface area contributed by atoms with Crippen LogP contribution in [0.1, 0.15) is 46.0 Å². The van der Waals surface area contributed by atoms with Crippen molar-refractivity contribution < 1.29 is 4.74 Å². The number of rotatable bonds is 9. The lowest BCUT2D eigenvalue weighted by Gasteiger charge is -2.41. The Balaban J connectivity index is 2.59. The maximum atomic E-state index is 5.28. The smallest absolute Gasteiger partial charge is 0.0589 e. The molecule has 0 amide bonds. The number of methoxy groups -OCH3 is 1. The Morgan fingerprint density at radius 1 is 1.21 bits per heavy atom. The van der Waals surface area contributed by atoms with E-state index in [9.17, 15) is 0 Å². The molecule has 0 heterocycles. The van der Waals surface area contributed by atoms with E-state index in [4.69, 9.17) is 4.74 Å². The molecule has 19 heavy (non-hydrogen) atoms. The molecule has 1 aliphatic carbocycles. The van der Waals surface area contributed by atoms with Crippen LogP contribution in [-0.4, -0.2) is 51.8 Å². The minimum Gasteiger partial charge on any atom is -0.383 e. The zero-order valence-corrected chi connectivity index (χ0v) is 13.5. The minimum atomic E-state index is 0.496. The third kappa shape index (κ3) is 6.24. The Bertz CT molecular complexity index is 219. The van der Waals surface area contributed by atoms with Crippen molar-refractivity contribution in [1.82, 2.24) is 10.2 Å². The van der Waals surface area contributed by atoms with Crippen LogP contribution in [0.4, 0.5) is 0 Å². The molecule has 0 bridgehead atoms. The highest BCUT2D eigenvalue weighted by Gasteiger charge is 2.33. The molecule has 0 aromatic heterocycles. The lowest BCUT2D eigenvalue weighted by molar-refractivity contribution is 0.0733. The molecule has 0 saturated heterocycles. The van der Waals surface area contributed by atoms with Crippen LogP contribution in [0.15, 0.2) is 0 Å². The van der Waals surface area contributed by atoms with Gasteiger partial charge < -0.3 is 15.0 Å². The van der Waals surface area contributed by atoms with E-state index in [2.05, 4.69) is 31.1 Å². The Morgan fingerprint density at radius 3 is 2.42 bits per heavy atom. The first kappa shape index (κ1) is 16.9. The molecular weight excluding hydrogens is 236 g/mol. The van der Waals surface area contributed by atoms with Crippen LogP contribution >= 0.6 is 0 Å². The summed E-state index contributed by atoms with van der Waals surface area (Å²) < 4.78 is 5.28. The molecule has 1 saturated carbocycles. The Morgan fingerprint density at radius 2 is 1.89 bits per heavy atom. The molecule has 0 aliphatic heterocycles. The summed E-state index contributed by atoms with van der Waals surface area (Å²) in [5.74, 6) is 0.729. The molecular formula is C16H34N2O. The maximum absolute atomic E-state index is 5.28. The predicted octanol–water partition coefficient (Wildman–Crippen LogP) is 2.76. The number of ether oxygens (including phenoxy) is 1. The second-order valence-corrected chi connectivity index (χ2v) is 6.71. The molecule has 1 rings (SSSR count). The lowest BCUT2D eigenvalue weighted by Crippen LogP contribution is -2.46. The van der Waals surface area contributed by atoms with Crippen molar-refractivity contribution in [2.75, 3.05) is 46.9 Å². The van der Waals surface area contributed by atoms with E-state index in [0.29, 0.717) is 5.41 Å². The highest BCUT2D eigenvalue weighted by molar-refractivity contribution is 4.87. The van der Waals surface area contributed by atoms with Gasteiger partial charge in [0.15, 0.2) is 0 Å². The van der Waals surface area contributed by atoms with Crippen molar-refractivity contribution in [3.63, 3.8) is 0 Å². The fraction of sp³-hybridized carbons (Fsp3) is 1.00. The molecule has 0 radical (unpaired) electrons. The maximum Gasteiger partial charge on any atom is 0.0589 e. The van der Waals surface area contributed by atoms with Crippen molar-refractivity contribution in [3.05, 3.63) is 0 Å². The summed E-state index contributed by atoms with van der Waals surface area (Å²) in [6, 6.07) is 0. The molecule has 1 N–H and O–H groups in total. The van der Waals surface area contributed by atoms with Gasteiger partial charge in [-0.3, -0.25) is 0 Å². The van der Waals surface area contributed by atoms with Crippen LogP contribution in [0.5, 0.6) is 0 Å². The molecule has 0 aromatic rings. The summed E-state index contributed by atoms with van der Waals surface area (Å²) in [5, 5.41) is 3.44. The van der Waals surface area contributed by atoms with Crippen molar-refractivity contribution in [1.29, 1.82) is 0 Å². The van der Waals surface area contributed by atoms with Crippen LogP contribution < -0.4 is 5.32 Å². The summed E-state index contributed by atoms with van der Waals surface area (Å²) >= 11 is 0. The van der Waals surface area contributed by atoms with Crippen LogP contribution in [0.3, 0.4) is 0 Å². The molecule has 0 atom stereocenters. The van der Waals surface area contributed by atoms with Gasteiger partial charge in [-0.2, -0.15) is 0 Å². The lowest BCUT2D eigenvalue weighted by atomic mass is 9.73. The van der Waals surface area contributed by atoms with E-state index >= 15 is 0 Å². The predicted molar refractivity (Wildman–Crippen MR) is 82.6 cm³/mol. The van der Waals surface area contributed by atoms with Gasteiger partial charge in [-0.05, 0) is 31.2 Å². The number of hydrogen-bond acceptors (Lipinski definition) is 3. The highest BCUT2D eigenvalue weighted by atomic mass is 16.5. The molecule has 3 nitrogen and oxygen atoms in total. The van der Waals surface area contributed by atoms with Crippen molar-refractivity contribution in [2.45, 2.75) is 46.0 Å². The summed E-state index contributed by atoms with van der Waals surface area (Å²) in [4.78, 5) is 2.62. The van der Waals surface area contributed by atoms with E-state index in [1.165, 1.54) is 45.2 Å². The molecule has 0 unspecified atom stereocenters. The molecule has 114 valence electrons. The van der Waals surface area contributed by atoms with E-state index < -0.39 is 0 Å². The Labute approximate surface area is 120 Å². The van der Waals surface area contributed by atoms with Gasteiger partial charge in [0.2, 0.25) is 0 Å². The van der Waals surface area contributed by atoms with Gasteiger partial charge >= 0.3 is 0 Å². The number of nitrogens with one attached hydrogen (secondary N) is 1. The van der Waals surface area contributed by atoms with Crippen molar-refractivity contribution in [3.8, 4) is 0 Å². The normalized spacial score (nSPS) is 19.3. The van der Waals surface area contributed by atoms with Gasteiger partial charge in [0, 0.05) is 33.3 Å². The summed E-state index contributed by atoms with van der Waals surface area (Å²) in [7, 11) is 3.90. The van der Waals surface area contributed by atoms with E-state index in [0.717, 1.165) is 25.6 Å². The third-order valence-electron chi connectivity index (χ3n) is 4.26. The summed E-state index contributed by atoms with van der Waals surface area (Å²) in [5.41, 5.74) is 0.496. The van der Waals surface area contributed by atoms with Crippen molar-refractivity contribution in [2.24, 2.45) is 11.3 Å². The van der Waals surface area contributed by atoms with E-state index in [1.807, 2.05) is 0 Å². The van der Waals surface area contributed by atoms with Crippen molar-refractivity contribution >= 4 is 0 Å². The monoisotopic (exact) mass is 270 g/mol. The minimum absolute atomic E-state index is 0.496. The first-order chi connectivity index (χ1) is 9.12.